The number of nitrogens with one attached hydrogen (secondary N) is 1. The van der Waals surface area contributed by atoms with Crippen LogP contribution in [-0.4, -0.2) is 43.8 Å². The maximum atomic E-state index is 14.2. The summed E-state index contributed by atoms with van der Waals surface area (Å²) in [6.07, 6.45) is 4.29. The summed E-state index contributed by atoms with van der Waals surface area (Å²) in [4.78, 5) is 29.0. The largest absolute Gasteiger partial charge is 0.352 e. The molecule has 218 valence electrons. The van der Waals surface area contributed by atoms with Gasteiger partial charge in [-0.3, -0.25) is 13.9 Å². The van der Waals surface area contributed by atoms with Crippen LogP contribution in [-0.2, 0) is 26.2 Å². The molecule has 0 heterocycles. The van der Waals surface area contributed by atoms with Crippen LogP contribution >= 0.6 is 0 Å². The average Bonchev–Trinajstić information content (AvgIpc) is 3.46. The molecular formula is C32H38FN3O4S. The molecule has 0 bridgehead atoms. The van der Waals surface area contributed by atoms with Gasteiger partial charge in [-0.15, -0.1) is 0 Å². The average molecular weight is 580 g/mol. The number of carbonyl (C=O) groups excluding carboxylic acids is 2. The Morgan fingerprint density at radius 1 is 0.951 bits per heavy atom. The molecule has 0 aliphatic heterocycles. The molecule has 4 rings (SSSR count). The van der Waals surface area contributed by atoms with Gasteiger partial charge in [-0.25, -0.2) is 12.8 Å². The number of aryl methyl sites for hydroxylation is 2. The molecule has 0 aromatic heterocycles. The van der Waals surface area contributed by atoms with Crippen molar-refractivity contribution in [1.29, 1.82) is 0 Å². The van der Waals surface area contributed by atoms with Gasteiger partial charge in [0.2, 0.25) is 11.8 Å². The number of amides is 2. The van der Waals surface area contributed by atoms with Crippen LogP contribution < -0.4 is 9.62 Å². The molecule has 0 spiro atoms. The van der Waals surface area contributed by atoms with E-state index in [9.17, 15) is 22.4 Å². The van der Waals surface area contributed by atoms with E-state index in [1.807, 2.05) is 45.0 Å². The highest BCUT2D eigenvalue weighted by Crippen LogP contribution is 2.26. The fraction of sp³-hybridized carbons (Fsp3) is 0.375. The summed E-state index contributed by atoms with van der Waals surface area (Å²) < 4.78 is 42.4. The quantitative estimate of drug-likeness (QED) is 0.325. The van der Waals surface area contributed by atoms with Crippen molar-refractivity contribution < 1.29 is 22.4 Å². The monoisotopic (exact) mass is 579 g/mol. The van der Waals surface area contributed by atoms with E-state index in [1.165, 1.54) is 17.0 Å². The minimum atomic E-state index is -4.25. The zero-order valence-corrected chi connectivity index (χ0v) is 24.7. The molecule has 0 radical (unpaired) electrons. The third-order valence-electron chi connectivity index (χ3n) is 7.69. The molecule has 1 aliphatic carbocycles. The summed E-state index contributed by atoms with van der Waals surface area (Å²) in [5.41, 5.74) is 3.06. The fourth-order valence-electron chi connectivity index (χ4n) is 5.23. The van der Waals surface area contributed by atoms with Crippen LogP contribution in [0.15, 0.2) is 77.7 Å². The number of nitrogens with zero attached hydrogens (tertiary/aromatic N) is 2. The van der Waals surface area contributed by atoms with Crippen molar-refractivity contribution in [2.45, 2.75) is 76.4 Å². The molecule has 3 aromatic carbocycles. The first-order valence-electron chi connectivity index (χ1n) is 14.1. The van der Waals surface area contributed by atoms with E-state index < -0.39 is 34.3 Å². The molecule has 1 atom stereocenters. The van der Waals surface area contributed by atoms with Gasteiger partial charge in [-0.2, -0.15) is 0 Å². The maximum Gasteiger partial charge on any atom is 0.264 e. The van der Waals surface area contributed by atoms with Crippen molar-refractivity contribution in [3.8, 4) is 0 Å². The van der Waals surface area contributed by atoms with E-state index in [0.717, 1.165) is 58.8 Å². The Morgan fingerprint density at radius 2 is 1.59 bits per heavy atom. The first kappa shape index (κ1) is 30.2. The predicted octanol–water partition coefficient (Wildman–Crippen LogP) is 5.50. The van der Waals surface area contributed by atoms with Gasteiger partial charge in [0.15, 0.2) is 0 Å². The Balaban J connectivity index is 1.72. The fourth-order valence-corrected chi connectivity index (χ4v) is 6.65. The van der Waals surface area contributed by atoms with Gasteiger partial charge in [-0.05, 0) is 80.6 Å². The summed E-state index contributed by atoms with van der Waals surface area (Å²) in [5.74, 6) is -1.30. The molecule has 2 amide bonds. The Hall–Kier alpha value is -3.72. The number of halogens is 1. The van der Waals surface area contributed by atoms with Crippen molar-refractivity contribution >= 4 is 27.5 Å². The van der Waals surface area contributed by atoms with Crippen LogP contribution in [0.3, 0.4) is 0 Å². The van der Waals surface area contributed by atoms with Crippen molar-refractivity contribution in [3.05, 3.63) is 95.3 Å². The third kappa shape index (κ3) is 7.33. The highest BCUT2D eigenvalue weighted by molar-refractivity contribution is 7.92. The summed E-state index contributed by atoms with van der Waals surface area (Å²) in [5, 5.41) is 3.12. The van der Waals surface area contributed by atoms with Gasteiger partial charge in [0.25, 0.3) is 10.0 Å². The van der Waals surface area contributed by atoms with E-state index >= 15 is 0 Å². The molecule has 0 unspecified atom stereocenters. The van der Waals surface area contributed by atoms with Gasteiger partial charge in [0.05, 0.1) is 10.6 Å². The van der Waals surface area contributed by atoms with Crippen LogP contribution in [0.2, 0.25) is 0 Å². The lowest BCUT2D eigenvalue weighted by Gasteiger charge is -2.34. The standard InChI is InChI=1S/C32H38FN3O4S/c1-4-30(32(38)34-27-11-7-8-12-27)35(21-25-10-6-5-9-24(25)3)31(37)22-36(28-17-13-23(2)14-18-28)41(39,40)29-19-15-26(33)16-20-29/h5-6,9-10,13-20,27,30H,4,7-8,11-12,21-22H2,1-3H3,(H,34,38)/t30-/m1/s1. The molecule has 1 fully saturated rings. The van der Waals surface area contributed by atoms with Gasteiger partial charge in [-0.1, -0.05) is 61.7 Å². The van der Waals surface area contributed by atoms with Crippen LogP contribution in [0.1, 0.15) is 55.7 Å². The van der Waals surface area contributed by atoms with Crippen LogP contribution in [0.5, 0.6) is 0 Å². The summed E-state index contributed by atoms with van der Waals surface area (Å²) >= 11 is 0. The lowest BCUT2D eigenvalue weighted by Crippen LogP contribution is -2.53. The number of anilines is 1. The van der Waals surface area contributed by atoms with E-state index in [2.05, 4.69) is 5.32 Å². The lowest BCUT2D eigenvalue weighted by atomic mass is 10.1. The molecular weight excluding hydrogens is 541 g/mol. The second kappa shape index (κ2) is 13.3. The van der Waals surface area contributed by atoms with Crippen LogP contribution in [0.4, 0.5) is 10.1 Å². The summed E-state index contributed by atoms with van der Waals surface area (Å²) in [6, 6.07) is 18.3. The zero-order valence-electron chi connectivity index (χ0n) is 23.8. The second-order valence-corrected chi connectivity index (χ2v) is 12.5. The molecule has 7 nitrogen and oxygen atoms in total. The SMILES string of the molecule is CC[C@H](C(=O)NC1CCCC1)N(Cc1ccccc1C)C(=O)CN(c1ccc(C)cc1)S(=O)(=O)c1ccc(F)cc1. The van der Waals surface area contributed by atoms with Gasteiger partial charge >= 0.3 is 0 Å². The molecule has 1 N–H and O–H groups in total. The number of carbonyl (C=O) groups is 2. The van der Waals surface area contributed by atoms with Crippen molar-refractivity contribution in [1.82, 2.24) is 10.2 Å². The van der Waals surface area contributed by atoms with Gasteiger partial charge in [0.1, 0.15) is 18.4 Å². The molecule has 0 saturated heterocycles. The zero-order chi connectivity index (χ0) is 29.6. The number of hydrogen-bond donors (Lipinski definition) is 1. The van der Waals surface area contributed by atoms with E-state index in [1.54, 1.807) is 24.3 Å². The number of benzene rings is 3. The lowest BCUT2D eigenvalue weighted by molar-refractivity contribution is -0.140. The second-order valence-electron chi connectivity index (χ2n) is 10.7. The number of rotatable bonds is 11. The molecule has 1 saturated carbocycles. The Labute approximate surface area is 242 Å². The van der Waals surface area contributed by atoms with Gasteiger partial charge in [0, 0.05) is 12.6 Å². The van der Waals surface area contributed by atoms with Crippen molar-refractivity contribution in [2.75, 3.05) is 10.8 Å². The summed E-state index contributed by atoms with van der Waals surface area (Å²) in [6.45, 7) is 5.30. The third-order valence-corrected chi connectivity index (χ3v) is 9.48. The molecule has 41 heavy (non-hydrogen) atoms. The van der Waals surface area contributed by atoms with E-state index in [-0.39, 0.29) is 23.4 Å². The number of hydrogen-bond acceptors (Lipinski definition) is 4. The molecule has 9 heteroatoms. The Kier molecular flexibility index (Phi) is 9.81. The normalized spacial score (nSPS) is 14.4. The van der Waals surface area contributed by atoms with E-state index in [4.69, 9.17) is 0 Å². The smallest absolute Gasteiger partial charge is 0.264 e. The highest BCUT2D eigenvalue weighted by Gasteiger charge is 2.34. The summed E-state index contributed by atoms with van der Waals surface area (Å²) in [7, 11) is -4.25. The first-order valence-corrected chi connectivity index (χ1v) is 15.5. The first-order chi connectivity index (χ1) is 19.6. The Morgan fingerprint density at radius 3 is 2.20 bits per heavy atom. The van der Waals surface area contributed by atoms with E-state index in [0.29, 0.717) is 12.1 Å². The topological polar surface area (TPSA) is 86.8 Å². The molecule has 1 aliphatic rings. The predicted molar refractivity (Wildman–Crippen MR) is 158 cm³/mol. The maximum absolute atomic E-state index is 14.2. The van der Waals surface area contributed by atoms with Gasteiger partial charge < -0.3 is 10.2 Å². The van der Waals surface area contributed by atoms with Crippen molar-refractivity contribution in [2.24, 2.45) is 0 Å². The van der Waals surface area contributed by atoms with Crippen LogP contribution in [0.25, 0.3) is 0 Å². The Bertz CT molecular complexity index is 1450. The number of sulfonamides is 1. The van der Waals surface area contributed by atoms with Crippen LogP contribution in [0, 0.1) is 19.7 Å². The van der Waals surface area contributed by atoms with Crippen molar-refractivity contribution in [3.63, 3.8) is 0 Å². The minimum absolute atomic E-state index is 0.0786. The molecule has 3 aromatic rings. The minimum Gasteiger partial charge on any atom is -0.352 e. The highest BCUT2D eigenvalue weighted by atomic mass is 32.2.